The van der Waals surface area contributed by atoms with Gasteiger partial charge in [-0.1, -0.05) is 0 Å². The minimum Gasteiger partial charge on any atom is -0.481 e. The van der Waals surface area contributed by atoms with Crippen molar-refractivity contribution in [2.24, 2.45) is 0 Å². The molecule has 1 aliphatic heterocycles. The third kappa shape index (κ3) is 3.17. The van der Waals surface area contributed by atoms with Gasteiger partial charge in [-0.2, -0.15) is 0 Å². The van der Waals surface area contributed by atoms with Crippen LogP contribution in [0.3, 0.4) is 0 Å². The van der Waals surface area contributed by atoms with E-state index in [1.54, 1.807) is 0 Å². The van der Waals surface area contributed by atoms with Crippen LogP contribution in [0.1, 0.15) is 12.8 Å². The molecule has 1 amide bonds. The van der Waals surface area contributed by atoms with Gasteiger partial charge in [0.15, 0.2) is 0 Å². The highest BCUT2D eigenvalue weighted by molar-refractivity contribution is 5.81. The van der Waals surface area contributed by atoms with E-state index >= 15 is 0 Å². The van der Waals surface area contributed by atoms with Crippen LogP contribution in [0, 0.1) is 0 Å². The predicted molar refractivity (Wildman–Crippen MR) is 50.3 cm³/mol. The minimum absolute atomic E-state index is 0.0293. The average molecular weight is 217 g/mol. The summed E-state index contributed by atoms with van der Waals surface area (Å²) in [6, 6.07) is 0. The fraction of sp³-hybridized carbons (Fsp3) is 0.778. The van der Waals surface area contributed by atoms with E-state index in [4.69, 9.17) is 9.84 Å². The third-order valence-corrected chi connectivity index (χ3v) is 2.45. The van der Waals surface area contributed by atoms with Crippen molar-refractivity contribution in [2.45, 2.75) is 25.0 Å². The summed E-state index contributed by atoms with van der Waals surface area (Å²) in [6.07, 6.45) is -1.25. The molecule has 6 heteroatoms. The molecule has 1 rings (SSSR count). The number of carbonyl (C=O) groups excluding carboxylic acids is 1. The molecule has 1 aliphatic rings. The quantitative estimate of drug-likeness (QED) is 0.635. The maximum atomic E-state index is 11.5. The zero-order valence-electron chi connectivity index (χ0n) is 8.55. The molecular weight excluding hydrogens is 202 g/mol. The number of rotatable bonds is 4. The molecule has 0 aliphatic carbocycles. The first-order valence-corrected chi connectivity index (χ1v) is 4.75. The standard InChI is InChI=1S/C9H15NO5/c1-15-7-5-10(4-6(7)11)8(12)2-3-9(13)14/h6-7,11H,2-5H2,1H3,(H,13,14)/t6-,7+/m0/s1. The summed E-state index contributed by atoms with van der Waals surface area (Å²) in [5, 5.41) is 17.9. The fourth-order valence-electron chi connectivity index (χ4n) is 1.56. The van der Waals surface area contributed by atoms with Crippen LogP contribution in [0.2, 0.25) is 0 Å². The van der Waals surface area contributed by atoms with Crippen molar-refractivity contribution in [3.63, 3.8) is 0 Å². The third-order valence-electron chi connectivity index (χ3n) is 2.45. The zero-order valence-corrected chi connectivity index (χ0v) is 8.55. The molecule has 0 spiro atoms. The molecule has 0 aromatic carbocycles. The first-order valence-electron chi connectivity index (χ1n) is 4.75. The summed E-state index contributed by atoms with van der Waals surface area (Å²) >= 11 is 0. The smallest absolute Gasteiger partial charge is 0.303 e. The van der Waals surface area contributed by atoms with E-state index in [9.17, 15) is 14.7 Å². The number of aliphatic carboxylic acids is 1. The lowest BCUT2D eigenvalue weighted by Gasteiger charge is -2.14. The Labute approximate surface area is 87.4 Å². The van der Waals surface area contributed by atoms with Crippen LogP contribution in [0.4, 0.5) is 0 Å². The van der Waals surface area contributed by atoms with Crippen molar-refractivity contribution in [2.75, 3.05) is 20.2 Å². The summed E-state index contributed by atoms with van der Waals surface area (Å²) in [4.78, 5) is 23.1. The average Bonchev–Trinajstić information content (AvgIpc) is 2.56. The van der Waals surface area contributed by atoms with Crippen LogP contribution in [0.25, 0.3) is 0 Å². The number of ether oxygens (including phenoxy) is 1. The van der Waals surface area contributed by atoms with Gasteiger partial charge in [0.25, 0.3) is 0 Å². The lowest BCUT2D eigenvalue weighted by atomic mass is 10.3. The highest BCUT2D eigenvalue weighted by atomic mass is 16.5. The van der Waals surface area contributed by atoms with Gasteiger partial charge in [0.2, 0.25) is 5.91 Å². The largest absolute Gasteiger partial charge is 0.481 e. The van der Waals surface area contributed by atoms with Crippen molar-refractivity contribution in [3.8, 4) is 0 Å². The number of likely N-dealkylation sites (tertiary alicyclic amines) is 1. The highest BCUT2D eigenvalue weighted by Crippen LogP contribution is 2.14. The number of β-amino-alcohol motifs (C(OH)–C–C–N with tert-alkyl or cyclic N) is 1. The van der Waals surface area contributed by atoms with Gasteiger partial charge in [-0.15, -0.1) is 0 Å². The van der Waals surface area contributed by atoms with Crippen LogP contribution < -0.4 is 0 Å². The lowest BCUT2D eigenvalue weighted by molar-refractivity contribution is -0.140. The molecule has 0 aromatic rings. The zero-order chi connectivity index (χ0) is 11.4. The van der Waals surface area contributed by atoms with Gasteiger partial charge in [0, 0.05) is 26.6 Å². The number of nitrogens with zero attached hydrogens (tertiary/aromatic N) is 1. The van der Waals surface area contributed by atoms with Gasteiger partial charge in [-0.25, -0.2) is 0 Å². The molecule has 0 saturated carbocycles. The molecule has 0 aromatic heterocycles. The second kappa shape index (κ2) is 5.09. The molecule has 0 unspecified atom stereocenters. The molecule has 1 saturated heterocycles. The topological polar surface area (TPSA) is 87.1 Å². The van der Waals surface area contributed by atoms with E-state index in [1.807, 2.05) is 0 Å². The van der Waals surface area contributed by atoms with Gasteiger partial charge >= 0.3 is 5.97 Å². The number of aliphatic hydroxyl groups excluding tert-OH is 1. The molecule has 2 atom stereocenters. The number of hydrogen-bond donors (Lipinski definition) is 2. The van der Waals surface area contributed by atoms with Crippen molar-refractivity contribution in [1.82, 2.24) is 4.90 Å². The Morgan fingerprint density at radius 2 is 2.07 bits per heavy atom. The summed E-state index contributed by atoms with van der Waals surface area (Å²) in [5.74, 6) is -1.25. The number of carboxylic acid groups (broad SMARTS) is 1. The molecular formula is C9H15NO5. The first-order chi connectivity index (χ1) is 7.04. The Kier molecular flexibility index (Phi) is 4.05. The molecule has 0 bridgehead atoms. The number of hydrogen-bond acceptors (Lipinski definition) is 4. The van der Waals surface area contributed by atoms with E-state index in [2.05, 4.69) is 0 Å². The van der Waals surface area contributed by atoms with E-state index in [-0.39, 0.29) is 31.4 Å². The van der Waals surface area contributed by atoms with Gasteiger partial charge in [-0.3, -0.25) is 9.59 Å². The maximum Gasteiger partial charge on any atom is 0.303 e. The predicted octanol–water partition coefficient (Wildman–Crippen LogP) is -0.931. The van der Waals surface area contributed by atoms with Crippen LogP contribution in [0.5, 0.6) is 0 Å². The molecule has 86 valence electrons. The van der Waals surface area contributed by atoms with E-state index in [1.165, 1.54) is 12.0 Å². The van der Waals surface area contributed by atoms with Gasteiger partial charge in [0.05, 0.1) is 12.5 Å². The van der Waals surface area contributed by atoms with Crippen molar-refractivity contribution >= 4 is 11.9 Å². The number of carboxylic acids is 1. The Hall–Kier alpha value is -1.14. The van der Waals surface area contributed by atoms with Crippen molar-refractivity contribution in [1.29, 1.82) is 0 Å². The highest BCUT2D eigenvalue weighted by Gasteiger charge is 2.33. The molecule has 1 fully saturated rings. The van der Waals surface area contributed by atoms with Crippen LogP contribution in [0.15, 0.2) is 0 Å². The molecule has 15 heavy (non-hydrogen) atoms. The maximum absolute atomic E-state index is 11.5. The Morgan fingerprint density at radius 1 is 1.40 bits per heavy atom. The van der Waals surface area contributed by atoms with Gasteiger partial charge in [0.1, 0.15) is 6.10 Å². The number of carbonyl (C=O) groups is 2. The van der Waals surface area contributed by atoms with Gasteiger partial charge < -0.3 is 19.8 Å². The Balaban J connectivity index is 2.39. The number of methoxy groups -OCH3 is 1. The normalized spacial score (nSPS) is 25.6. The van der Waals surface area contributed by atoms with Gasteiger partial charge in [-0.05, 0) is 0 Å². The second-order valence-electron chi connectivity index (χ2n) is 3.53. The second-order valence-corrected chi connectivity index (χ2v) is 3.53. The van der Waals surface area contributed by atoms with Crippen LogP contribution >= 0.6 is 0 Å². The van der Waals surface area contributed by atoms with E-state index in [0.717, 1.165) is 0 Å². The monoisotopic (exact) mass is 217 g/mol. The molecule has 2 N–H and O–H groups in total. The van der Waals surface area contributed by atoms with Crippen molar-refractivity contribution < 1.29 is 24.5 Å². The Bertz CT molecular complexity index is 255. The van der Waals surface area contributed by atoms with Crippen molar-refractivity contribution in [3.05, 3.63) is 0 Å². The summed E-state index contributed by atoms with van der Waals surface area (Å²) in [7, 11) is 1.47. The van der Waals surface area contributed by atoms with Crippen LogP contribution in [-0.4, -0.2) is 59.4 Å². The molecule has 1 heterocycles. The summed E-state index contributed by atoms with van der Waals surface area (Å²) < 4.78 is 4.97. The Morgan fingerprint density at radius 3 is 2.53 bits per heavy atom. The molecule has 6 nitrogen and oxygen atoms in total. The van der Waals surface area contributed by atoms with Crippen LogP contribution in [-0.2, 0) is 14.3 Å². The molecule has 0 radical (unpaired) electrons. The number of amides is 1. The lowest BCUT2D eigenvalue weighted by Crippen LogP contribution is -2.30. The summed E-state index contributed by atoms with van der Waals surface area (Å²) in [6.45, 7) is 0.549. The van der Waals surface area contributed by atoms with E-state index < -0.39 is 12.1 Å². The minimum atomic E-state index is -0.994. The first kappa shape index (κ1) is 11.9. The SMILES string of the molecule is CO[C@@H]1CN(C(=O)CCC(=O)O)C[C@@H]1O. The number of aliphatic hydroxyl groups is 1. The van der Waals surface area contributed by atoms with E-state index in [0.29, 0.717) is 6.54 Å². The fourth-order valence-corrected chi connectivity index (χ4v) is 1.56. The summed E-state index contributed by atoms with van der Waals surface area (Å²) in [5.41, 5.74) is 0.